The average molecular weight is 1060 g/mol. The molecule has 0 bridgehead atoms. The molecule has 4 heterocycles. The van der Waals surface area contributed by atoms with Crippen LogP contribution in [-0.2, 0) is 42.7 Å². The molecule has 21 nitrogen and oxygen atoms in total. The lowest BCUT2D eigenvalue weighted by Gasteiger charge is -2.71. The smallest absolute Gasteiger partial charge is 0.315 e. The summed E-state index contributed by atoms with van der Waals surface area (Å²) in [6.07, 6.45) is -20.0. The number of hydrogen-bond donors (Lipinski definition) is 12. The average Bonchev–Trinajstić information content (AvgIpc) is 3.35. The van der Waals surface area contributed by atoms with Gasteiger partial charge in [-0.3, -0.25) is 4.79 Å². The van der Waals surface area contributed by atoms with Crippen molar-refractivity contribution >= 4 is 5.97 Å². The van der Waals surface area contributed by atoms with E-state index in [2.05, 4.69) is 54.5 Å². The van der Waals surface area contributed by atoms with Crippen molar-refractivity contribution in [1.29, 1.82) is 0 Å². The topological polar surface area (TPSA) is 334 Å². The van der Waals surface area contributed by atoms with E-state index in [4.69, 9.17) is 37.9 Å². The Hall–Kier alpha value is -1.55. The number of ether oxygens (including phenoxy) is 8. The largest absolute Gasteiger partial charge is 0.432 e. The summed E-state index contributed by atoms with van der Waals surface area (Å²) >= 11 is 0. The van der Waals surface area contributed by atoms with Crippen LogP contribution in [0, 0.1) is 50.2 Å². The van der Waals surface area contributed by atoms with Crippen LogP contribution in [0.1, 0.15) is 120 Å². The highest BCUT2D eigenvalue weighted by atomic mass is 16.8. The van der Waals surface area contributed by atoms with Crippen LogP contribution in [0.4, 0.5) is 0 Å². The van der Waals surface area contributed by atoms with E-state index in [9.17, 15) is 61.3 Å². The number of aliphatic hydroxyl groups excluding tert-OH is 12. The molecule has 27 atom stereocenters. The molecule has 9 aliphatic rings. The number of esters is 1. The monoisotopic (exact) mass is 1060 g/mol. The fraction of sp³-hybridized carbons (Fsp3) is 0.943. The maximum atomic E-state index is 15.1. The van der Waals surface area contributed by atoms with Crippen LogP contribution in [-0.4, -0.2) is 210 Å². The maximum Gasteiger partial charge on any atom is 0.315 e. The van der Waals surface area contributed by atoms with E-state index >= 15 is 4.79 Å². The fourth-order valence-electron chi connectivity index (χ4n) is 16.2. The number of allylic oxidation sites excluding steroid dienone is 2. The second-order valence-corrected chi connectivity index (χ2v) is 25.8. The fourth-order valence-corrected chi connectivity index (χ4v) is 16.2. The van der Waals surface area contributed by atoms with Crippen LogP contribution < -0.4 is 0 Å². The first-order chi connectivity index (χ1) is 34.6. The molecule has 74 heavy (non-hydrogen) atoms. The van der Waals surface area contributed by atoms with Crippen LogP contribution in [0.5, 0.6) is 0 Å². The summed E-state index contributed by atoms with van der Waals surface area (Å²) < 4.78 is 47.3. The van der Waals surface area contributed by atoms with Gasteiger partial charge in [-0.1, -0.05) is 60.1 Å². The third kappa shape index (κ3) is 9.17. The molecule has 0 spiro atoms. The first kappa shape index (κ1) is 57.1. The highest BCUT2D eigenvalue weighted by Gasteiger charge is 2.70. The molecule has 4 saturated heterocycles. The molecule has 5 aliphatic carbocycles. The van der Waals surface area contributed by atoms with Gasteiger partial charge in [-0.15, -0.1) is 0 Å². The van der Waals surface area contributed by atoms with E-state index in [1.54, 1.807) is 0 Å². The van der Waals surface area contributed by atoms with Crippen molar-refractivity contribution in [2.45, 2.75) is 242 Å². The second kappa shape index (κ2) is 20.5. The van der Waals surface area contributed by atoms with E-state index < -0.39 is 141 Å². The molecule has 9 rings (SSSR count). The maximum absolute atomic E-state index is 15.1. The van der Waals surface area contributed by atoms with E-state index in [1.807, 2.05) is 0 Å². The second-order valence-electron chi connectivity index (χ2n) is 25.8. The third-order valence-corrected chi connectivity index (χ3v) is 21.0. The van der Waals surface area contributed by atoms with Crippen LogP contribution in [0.25, 0.3) is 0 Å². The summed E-state index contributed by atoms with van der Waals surface area (Å²) in [5, 5.41) is 129. The Morgan fingerprint density at radius 3 is 1.81 bits per heavy atom. The van der Waals surface area contributed by atoms with Gasteiger partial charge in [0.1, 0.15) is 85.5 Å². The third-order valence-electron chi connectivity index (χ3n) is 21.0. The minimum Gasteiger partial charge on any atom is -0.432 e. The molecule has 8 fully saturated rings. The molecular formula is C53H86O21. The molecule has 12 N–H and O–H groups in total. The molecule has 21 heteroatoms. The summed E-state index contributed by atoms with van der Waals surface area (Å²) in [4.78, 5) is 15.1. The Kier molecular flexibility index (Phi) is 15.8. The summed E-state index contributed by atoms with van der Waals surface area (Å²) in [5.41, 5.74) is -0.647. The Balaban J connectivity index is 0.896. The number of carbonyl (C=O) groups excluding carboxylic acids is 1. The molecule has 0 radical (unpaired) electrons. The molecular weight excluding hydrogens is 973 g/mol. The van der Waals surface area contributed by atoms with E-state index in [-0.39, 0.29) is 51.6 Å². The van der Waals surface area contributed by atoms with Crippen molar-refractivity contribution < 1.29 is 104 Å². The summed E-state index contributed by atoms with van der Waals surface area (Å²) in [6, 6.07) is 0. The van der Waals surface area contributed by atoms with Gasteiger partial charge in [0.25, 0.3) is 0 Å². The number of carbonyl (C=O) groups is 1. The van der Waals surface area contributed by atoms with Crippen molar-refractivity contribution in [2.75, 3.05) is 19.8 Å². The lowest BCUT2D eigenvalue weighted by molar-refractivity contribution is -0.377. The van der Waals surface area contributed by atoms with Gasteiger partial charge in [-0.05, 0) is 116 Å². The minimum absolute atomic E-state index is 0.0778. The Morgan fingerprint density at radius 2 is 1.18 bits per heavy atom. The van der Waals surface area contributed by atoms with Crippen molar-refractivity contribution in [3.05, 3.63) is 11.6 Å². The first-order valence-corrected chi connectivity index (χ1v) is 27.1. The van der Waals surface area contributed by atoms with Gasteiger partial charge in [-0.25, -0.2) is 0 Å². The Morgan fingerprint density at radius 1 is 0.608 bits per heavy atom. The molecule has 0 amide bonds. The van der Waals surface area contributed by atoms with Gasteiger partial charge in [0, 0.05) is 0 Å². The van der Waals surface area contributed by atoms with Gasteiger partial charge in [0.05, 0.1) is 37.4 Å². The van der Waals surface area contributed by atoms with E-state index in [0.717, 1.165) is 44.9 Å². The molecule has 4 saturated carbocycles. The standard InChI is InChI=1S/C53H86O21/c1-23-32(57)34(59)38(63)44(68-23)72-41-27(20-54)69-45(39(64)35(41)60)73-42-28(21-55)70-46(40(65)36(42)61)74-47(66)53-17-15-48(2,3)19-25(53)24-9-10-30-50(6)13-12-31(71-43-37(62)33(58)26(56)22-67-43)49(4,5)29(50)11-14-52(30,8)51(24,7)16-18-53/h9,23,25-46,54-65H,10-22H2,1-8H3. The molecule has 0 aromatic heterocycles. The number of aliphatic hydroxyl groups is 12. The minimum atomic E-state index is -1.95. The Labute approximate surface area is 433 Å². The van der Waals surface area contributed by atoms with Gasteiger partial charge in [0.15, 0.2) is 18.9 Å². The van der Waals surface area contributed by atoms with Crippen LogP contribution in [0.2, 0.25) is 0 Å². The van der Waals surface area contributed by atoms with Gasteiger partial charge < -0.3 is 99.2 Å². The zero-order valence-corrected chi connectivity index (χ0v) is 44.1. The van der Waals surface area contributed by atoms with Gasteiger partial charge in [0.2, 0.25) is 6.29 Å². The molecule has 424 valence electrons. The molecule has 0 aromatic carbocycles. The van der Waals surface area contributed by atoms with Gasteiger partial charge >= 0.3 is 5.97 Å². The lowest BCUT2D eigenvalue weighted by atomic mass is 9.33. The van der Waals surface area contributed by atoms with Crippen LogP contribution >= 0.6 is 0 Å². The number of fused-ring (bicyclic) bond motifs is 7. The highest BCUT2D eigenvalue weighted by molar-refractivity contribution is 5.79. The molecule has 27 unspecified atom stereocenters. The number of rotatable bonds is 10. The van der Waals surface area contributed by atoms with Crippen LogP contribution in [0.15, 0.2) is 11.6 Å². The summed E-state index contributed by atoms with van der Waals surface area (Å²) in [6.45, 7) is 15.9. The van der Waals surface area contributed by atoms with E-state index in [0.29, 0.717) is 25.2 Å². The zero-order valence-electron chi connectivity index (χ0n) is 44.1. The van der Waals surface area contributed by atoms with Crippen LogP contribution in [0.3, 0.4) is 0 Å². The van der Waals surface area contributed by atoms with E-state index in [1.165, 1.54) is 12.5 Å². The van der Waals surface area contributed by atoms with Crippen molar-refractivity contribution in [3.63, 3.8) is 0 Å². The van der Waals surface area contributed by atoms with Gasteiger partial charge in [-0.2, -0.15) is 0 Å². The quantitative estimate of drug-likeness (QED) is 0.0755. The molecule has 4 aliphatic heterocycles. The van der Waals surface area contributed by atoms with Crippen molar-refractivity contribution in [1.82, 2.24) is 0 Å². The predicted octanol–water partition coefficient (Wildman–Crippen LogP) is -0.369. The number of hydrogen-bond acceptors (Lipinski definition) is 21. The summed E-state index contributed by atoms with van der Waals surface area (Å²) in [5.74, 6) is -0.203. The van der Waals surface area contributed by atoms with Crippen molar-refractivity contribution in [2.24, 2.45) is 50.2 Å². The lowest BCUT2D eigenvalue weighted by Crippen LogP contribution is -2.67. The predicted molar refractivity (Wildman–Crippen MR) is 255 cm³/mol. The Bertz CT molecular complexity index is 2040. The highest BCUT2D eigenvalue weighted by Crippen LogP contribution is 2.76. The first-order valence-electron chi connectivity index (χ1n) is 27.1. The summed E-state index contributed by atoms with van der Waals surface area (Å²) in [7, 11) is 0. The SMILES string of the molecule is CC1OC(OC2C(CO)OC(OC3C(CO)OC(OC(=O)C45CCC(C)(C)CC4C4=CCC6C7(C)CCC(OC8OCC(O)C(O)C8O)C(C)(C)C7CCC6(C)C4(C)CC5)C(O)C3O)C(O)C2O)C(O)C(O)C1O. The molecule has 0 aromatic rings. The zero-order chi connectivity index (χ0) is 54.0. The van der Waals surface area contributed by atoms with Crippen molar-refractivity contribution in [3.8, 4) is 0 Å². The normalized spacial score (nSPS) is 54.1.